The van der Waals surface area contributed by atoms with Crippen LogP contribution >= 0.6 is 11.3 Å². The van der Waals surface area contributed by atoms with Crippen molar-refractivity contribution in [3.05, 3.63) is 11.1 Å². The predicted octanol–water partition coefficient (Wildman–Crippen LogP) is 1.27. The summed E-state index contributed by atoms with van der Waals surface area (Å²) in [5.41, 5.74) is 0.0926. The Morgan fingerprint density at radius 2 is 2.12 bits per heavy atom. The molecule has 0 saturated carbocycles. The fourth-order valence-electron chi connectivity index (χ4n) is 0.769. The molecule has 0 aliphatic rings. The normalized spacial score (nSPS) is 11.2. The van der Waals surface area contributed by atoms with Gasteiger partial charge in [-0.15, -0.1) is 11.3 Å². The molecule has 0 saturated heterocycles. The van der Waals surface area contributed by atoms with Crippen LogP contribution in [-0.4, -0.2) is 28.1 Å². The van der Waals surface area contributed by atoms with Crippen LogP contribution in [0, 0.1) is 0 Å². The van der Waals surface area contributed by atoms with Crippen LogP contribution in [0.15, 0.2) is 5.38 Å². The molecule has 1 aromatic rings. The average Bonchev–Trinajstić information content (AvgIpc) is 2.49. The lowest BCUT2D eigenvalue weighted by atomic mass is 10.3. The molecule has 0 radical (unpaired) electrons. The van der Waals surface area contributed by atoms with Crippen molar-refractivity contribution in [1.29, 1.82) is 0 Å². The summed E-state index contributed by atoms with van der Waals surface area (Å²) in [6.45, 7) is 0. The molecule has 2 N–H and O–H groups in total. The number of thiazole rings is 1. The maximum atomic E-state index is 11.8. The second-order valence-corrected chi connectivity index (χ2v) is 3.52. The molecule has 5 nitrogen and oxygen atoms in total. The van der Waals surface area contributed by atoms with Crippen molar-refractivity contribution in [2.45, 2.75) is 12.6 Å². The minimum Gasteiger partial charge on any atom is -0.481 e. The Morgan fingerprint density at radius 3 is 2.62 bits per heavy atom. The number of hydrogen-bond acceptors (Lipinski definition) is 4. The number of hydrogen-bond donors (Lipinski definition) is 2. The third kappa shape index (κ3) is 3.50. The number of amides is 1. The van der Waals surface area contributed by atoms with Gasteiger partial charge in [0, 0.05) is 5.38 Å². The quantitative estimate of drug-likeness (QED) is 0.851. The first kappa shape index (κ1) is 12.4. The van der Waals surface area contributed by atoms with Crippen molar-refractivity contribution in [2.24, 2.45) is 0 Å². The Kier molecular flexibility index (Phi) is 3.48. The number of anilines is 1. The topological polar surface area (TPSA) is 79.3 Å². The molecule has 1 amide bonds. The van der Waals surface area contributed by atoms with Crippen molar-refractivity contribution in [1.82, 2.24) is 4.98 Å². The highest BCUT2D eigenvalue weighted by atomic mass is 32.1. The Hall–Kier alpha value is -1.64. The first-order chi connectivity index (χ1) is 7.29. The molecule has 1 rings (SSSR count). The number of rotatable bonds is 3. The highest BCUT2D eigenvalue weighted by Gasteiger charge is 2.39. The van der Waals surface area contributed by atoms with E-state index in [4.69, 9.17) is 5.11 Å². The summed E-state index contributed by atoms with van der Waals surface area (Å²) < 4.78 is 35.5. The van der Waals surface area contributed by atoms with Crippen LogP contribution in [-0.2, 0) is 16.0 Å². The Labute approximate surface area is 90.9 Å². The number of carbonyl (C=O) groups is 2. The van der Waals surface area contributed by atoms with Crippen molar-refractivity contribution in [3.8, 4) is 0 Å². The van der Waals surface area contributed by atoms with E-state index in [0.29, 0.717) is 0 Å². The van der Waals surface area contributed by atoms with Crippen LogP contribution in [0.3, 0.4) is 0 Å². The third-order valence-corrected chi connectivity index (χ3v) is 2.17. The van der Waals surface area contributed by atoms with E-state index >= 15 is 0 Å². The molecular weight excluding hydrogens is 249 g/mol. The SMILES string of the molecule is O=C(O)Cc1csc(NC(=O)C(F)(F)F)n1. The number of aliphatic carboxylic acids is 1. The van der Waals surface area contributed by atoms with E-state index < -0.39 is 24.5 Å². The maximum absolute atomic E-state index is 11.8. The predicted molar refractivity (Wildman–Crippen MR) is 48.1 cm³/mol. The van der Waals surface area contributed by atoms with Gasteiger partial charge in [0.1, 0.15) is 0 Å². The average molecular weight is 254 g/mol. The molecule has 88 valence electrons. The summed E-state index contributed by atoms with van der Waals surface area (Å²) in [7, 11) is 0. The standard InChI is InChI=1S/C7H5F3N2O3S/c8-7(9,10)5(15)12-6-11-3(2-16-6)1-4(13)14/h2H,1H2,(H,13,14)(H,11,12,15). The summed E-state index contributed by atoms with van der Waals surface area (Å²) in [6, 6.07) is 0. The number of nitrogens with zero attached hydrogens (tertiary/aromatic N) is 1. The molecule has 0 aromatic carbocycles. The molecule has 0 bridgehead atoms. The number of carboxylic acids is 1. The number of carbonyl (C=O) groups excluding carboxylic acids is 1. The molecule has 0 atom stereocenters. The molecule has 9 heteroatoms. The van der Waals surface area contributed by atoms with Crippen molar-refractivity contribution in [3.63, 3.8) is 0 Å². The Morgan fingerprint density at radius 1 is 1.50 bits per heavy atom. The smallest absolute Gasteiger partial charge is 0.471 e. The van der Waals surface area contributed by atoms with Crippen LogP contribution < -0.4 is 5.32 Å². The number of nitrogens with one attached hydrogen (secondary N) is 1. The third-order valence-electron chi connectivity index (χ3n) is 1.36. The fourth-order valence-corrected chi connectivity index (χ4v) is 1.47. The minimum absolute atomic E-state index is 0.0926. The van der Waals surface area contributed by atoms with Crippen LogP contribution in [0.2, 0.25) is 0 Å². The highest BCUT2D eigenvalue weighted by Crippen LogP contribution is 2.21. The molecule has 0 aliphatic heterocycles. The van der Waals surface area contributed by atoms with Gasteiger partial charge in [-0.3, -0.25) is 14.9 Å². The number of aromatic nitrogens is 1. The lowest BCUT2D eigenvalue weighted by Crippen LogP contribution is -2.29. The lowest BCUT2D eigenvalue weighted by molar-refractivity contribution is -0.167. The van der Waals surface area contributed by atoms with E-state index in [0.717, 1.165) is 11.3 Å². The molecule has 0 fully saturated rings. The number of carboxylic acid groups (broad SMARTS) is 1. The molecule has 0 spiro atoms. The molecule has 0 aliphatic carbocycles. The van der Waals surface area contributed by atoms with Gasteiger partial charge in [0.05, 0.1) is 12.1 Å². The summed E-state index contributed by atoms with van der Waals surface area (Å²) in [6.07, 6.45) is -5.39. The van der Waals surface area contributed by atoms with E-state index in [1.54, 1.807) is 0 Å². The number of alkyl halides is 3. The second-order valence-electron chi connectivity index (χ2n) is 2.67. The summed E-state index contributed by atoms with van der Waals surface area (Å²) in [4.78, 5) is 24.2. The minimum atomic E-state index is -4.99. The van der Waals surface area contributed by atoms with Crippen molar-refractivity contribution < 1.29 is 27.9 Å². The van der Waals surface area contributed by atoms with Gasteiger partial charge in [0.15, 0.2) is 5.13 Å². The summed E-state index contributed by atoms with van der Waals surface area (Å²) in [5.74, 6) is -3.29. The largest absolute Gasteiger partial charge is 0.481 e. The second kappa shape index (κ2) is 4.47. The zero-order valence-corrected chi connectivity index (χ0v) is 8.35. The van der Waals surface area contributed by atoms with Gasteiger partial charge in [0.2, 0.25) is 0 Å². The molecule has 0 unspecified atom stereocenters. The lowest BCUT2D eigenvalue weighted by Gasteiger charge is -2.04. The van der Waals surface area contributed by atoms with Crippen LogP contribution in [0.5, 0.6) is 0 Å². The summed E-state index contributed by atoms with van der Waals surface area (Å²) in [5, 5.41) is 10.9. The van der Waals surface area contributed by atoms with E-state index in [1.807, 2.05) is 0 Å². The first-order valence-corrected chi connectivity index (χ1v) is 4.71. The van der Waals surface area contributed by atoms with Gasteiger partial charge in [-0.05, 0) is 0 Å². The van der Waals surface area contributed by atoms with Gasteiger partial charge in [0.25, 0.3) is 0 Å². The van der Waals surface area contributed by atoms with Gasteiger partial charge in [-0.1, -0.05) is 0 Å². The van der Waals surface area contributed by atoms with Crippen molar-refractivity contribution >= 4 is 28.3 Å². The fraction of sp³-hybridized carbons (Fsp3) is 0.286. The number of halogens is 3. The van der Waals surface area contributed by atoms with E-state index in [2.05, 4.69) is 4.98 Å². The van der Waals surface area contributed by atoms with Crippen molar-refractivity contribution in [2.75, 3.05) is 5.32 Å². The van der Waals surface area contributed by atoms with E-state index in [9.17, 15) is 22.8 Å². The Bertz CT molecular complexity index is 415. The van der Waals surface area contributed by atoms with E-state index in [-0.39, 0.29) is 10.8 Å². The van der Waals surface area contributed by atoms with Crippen LogP contribution in [0.4, 0.5) is 18.3 Å². The van der Waals surface area contributed by atoms with E-state index in [1.165, 1.54) is 10.7 Å². The highest BCUT2D eigenvalue weighted by molar-refractivity contribution is 7.13. The molecular formula is C7H5F3N2O3S. The summed E-state index contributed by atoms with van der Waals surface area (Å²) >= 11 is 0.730. The Balaban J connectivity index is 2.66. The van der Waals surface area contributed by atoms with Gasteiger partial charge in [-0.25, -0.2) is 4.98 Å². The molecule has 1 heterocycles. The first-order valence-electron chi connectivity index (χ1n) is 3.83. The maximum Gasteiger partial charge on any atom is 0.471 e. The van der Waals surface area contributed by atoms with Crippen LogP contribution in [0.1, 0.15) is 5.69 Å². The monoisotopic (exact) mass is 254 g/mol. The molecule has 1 aromatic heterocycles. The van der Waals surface area contributed by atoms with Crippen LogP contribution in [0.25, 0.3) is 0 Å². The molecule has 16 heavy (non-hydrogen) atoms. The van der Waals surface area contributed by atoms with Gasteiger partial charge < -0.3 is 5.11 Å². The zero-order valence-electron chi connectivity index (χ0n) is 7.54. The van der Waals surface area contributed by atoms with Gasteiger partial charge >= 0.3 is 18.1 Å². The zero-order chi connectivity index (χ0) is 12.3. The van der Waals surface area contributed by atoms with Gasteiger partial charge in [-0.2, -0.15) is 13.2 Å².